The average molecular weight is 250 g/mol. The Labute approximate surface area is 96.8 Å². The van der Waals surface area contributed by atoms with Gasteiger partial charge in [0.25, 0.3) is 0 Å². The van der Waals surface area contributed by atoms with Crippen LogP contribution in [0, 0.1) is 6.42 Å². The smallest absolute Gasteiger partial charge is 0.163 e. The number of halogens is 3. The van der Waals surface area contributed by atoms with Crippen molar-refractivity contribution >= 4 is 35.0 Å². The van der Waals surface area contributed by atoms with Gasteiger partial charge in [0.1, 0.15) is 0 Å². The van der Waals surface area contributed by atoms with E-state index in [1.165, 1.54) is 11.8 Å². The van der Waals surface area contributed by atoms with E-state index in [9.17, 15) is 4.39 Å². The second-order valence-corrected chi connectivity index (χ2v) is 5.33. The number of hydrogen-bond donors (Lipinski definition) is 0. The fourth-order valence-corrected chi connectivity index (χ4v) is 2.79. The lowest BCUT2D eigenvalue weighted by atomic mass is 10.1. The van der Waals surface area contributed by atoms with Crippen molar-refractivity contribution in [3.05, 3.63) is 41.3 Å². The Morgan fingerprint density at radius 1 is 1.43 bits per heavy atom. The molecular weight excluding hydrogens is 242 g/mol. The van der Waals surface area contributed by atoms with Gasteiger partial charge < -0.3 is 0 Å². The fraction of sp³-hybridized carbons (Fsp3) is 0.300. The molecule has 14 heavy (non-hydrogen) atoms. The highest BCUT2D eigenvalue weighted by molar-refractivity contribution is 8.02. The predicted octanol–water partition coefficient (Wildman–Crippen LogP) is 3.91. The van der Waals surface area contributed by atoms with Crippen LogP contribution in [0.25, 0.3) is 0 Å². The van der Waals surface area contributed by atoms with E-state index in [4.69, 9.17) is 23.2 Å². The Morgan fingerprint density at radius 3 is 2.79 bits per heavy atom. The van der Waals surface area contributed by atoms with Crippen LogP contribution in [-0.2, 0) is 0 Å². The van der Waals surface area contributed by atoms with Crippen molar-refractivity contribution in [1.82, 2.24) is 0 Å². The van der Waals surface area contributed by atoms with Gasteiger partial charge in [-0.2, -0.15) is 0 Å². The predicted molar refractivity (Wildman–Crippen MR) is 60.8 cm³/mol. The zero-order chi connectivity index (χ0) is 10.1. The Bertz CT molecular complexity index is 332. The van der Waals surface area contributed by atoms with Gasteiger partial charge in [0.15, 0.2) is 5.50 Å². The average Bonchev–Trinajstić information content (AvgIpc) is 2.17. The molecule has 1 aliphatic rings. The molecule has 1 aromatic carbocycles. The number of alkyl halides is 2. The molecule has 3 atom stereocenters. The minimum absolute atomic E-state index is 0.0603. The van der Waals surface area contributed by atoms with Crippen molar-refractivity contribution in [2.75, 3.05) is 0 Å². The van der Waals surface area contributed by atoms with Crippen LogP contribution in [0.2, 0.25) is 5.02 Å². The zero-order valence-corrected chi connectivity index (χ0v) is 9.49. The van der Waals surface area contributed by atoms with E-state index in [0.29, 0.717) is 5.02 Å². The van der Waals surface area contributed by atoms with Crippen LogP contribution in [0.5, 0.6) is 0 Å². The Kier molecular flexibility index (Phi) is 3.25. The zero-order valence-electron chi connectivity index (χ0n) is 7.16. The van der Waals surface area contributed by atoms with E-state index in [0.717, 1.165) is 5.56 Å². The van der Waals surface area contributed by atoms with Crippen molar-refractivity contribution < 1.29 is 4.39 Å². The maximum atomic E-state index is 12.7. The summed E-state index contributed by atoms with van der Waals surface area (Å²) in [5, 5.41) is 0.343. The molecule has 0 spiro atoms. The van der Waals surface area contributed by atoms with Crippen molar-refractivity contribution in [2.24, 2.45) is 0 Å². The molecule has 0 N–H and O–H groups in total. The first-order valence-electron chi connectivity index (χ1n) is 4.21. The van der Waals surface area contributed by atoms with E-state index in [2.05, 4.69) is 0 Å². The summed E-state index contributed by atoms with van der Waals surface area (Å²) in [6, 6.07) is 7.45. The molecule has 0 bridgehead atoms. The van der Waals surface area contributed by atoms with Crippen molar-refractivity contribution in [3.8, 4) is 0 Å². The normalized spacial score (nSPS) is 31.2. The van der Waals surface area contributed by atoms with E-state index >= 15 is 0 Å². The molecule has 0 nitrogen and oxygen atoms in total. The van der Waals surface area contributed by atoms with Gasteiger partial charge in [0.2, 0.25) is 0 Å². The first kappa shape index (κ1) is 10.6. The maximum Gasteiger partial charge on any atom is 0.163 e. The number of benzene rings is 1. The van der Waals surface area contributed by atoms with Crippen molar-refractivity contribution in [1.29, 1.82) is 0 Å². The van der Waals surface area contributed by atoms with E-state index in [-0.39, 0.29) is 5.25 Å². The molecule has 1 aromatic rings. The molecule has 0 aliphatic carbocycles. The summed E-state index contributed by atoms with van der Waals surface area (Å²) in [7, 11) is 0. The topological polar surface area (TPSA) is 0 Å². The van der Waals surface area contributed by atoms with Gasteiger partial charge in [-0.25, -0.2) is 4.39 Å². The Morgan fingerprint density at radius 2 is 2.21 bits per heavy atom. The largest absolute Gasteiger partial charge is 0.234 e. The highest BCUT2D eigenvalue weighted by Gasteiger charge is 2.40. The fourth-order valence-electron chi connectivity index (χ4n) is 1.29. The highest BCUT2D eigenvalue weighted by Crippen LogP contribution is 2.44. The molecular formula is C10H8Cl2FS. The third-order valence-corrected chi connectivity index (χ3v) is 4.38. The summed E-state index contributed by atoms with van der Waals surface area (Å²) in [6.07, 6.45) is 1.95. The molecule has 0 amide bonds. The van der Waals surface area contributed by atoms with Crippen molar-refractivity contribution in [3.63, 3.8) is 0 Å². The summed E-state index contributed by atoms with van der Waals surface area (Å²) < 4.78 is 12.7. The number of thioether (sulfide) groups is 1. The third-order valence-electron chi connectivity index (χ3n) is 2.06. The van der Waals surface area contributed by atoms with Crippen molar-refractivity contribution in [2.45, 2.75) is 16.1 Å². The molecule has 3 unspecified atom stereocenters. The van der Waals surface area contributed by atoms with Gasteiger partial charge in [-0.3, -0.25) is 0 Å². The van der Waals surface area contributed by atoms with Crippen LogP contribution in [0.15, 0.2) is 24.3 Å². The van der Waals surface area contributed by atoms with E-state index in [1.54, 1.807) is 0 Å². The SMILES string of the molecule is FC1SC([CH]c2cccc(Cl)c2)C1Cl. The molecule has 1 radical (unpaired) electrons. The molecule has 1 heterocycles. The molecule has 2 rings (SSSR count). The van der Waals surface area contributed by atoms with Crippen LogP contribution in [0.1, 0.15) is 5.56 Å². The van der Waals surface area contributed by atoms with E-state index < -0.39 is 10.9 Å². The lowest BCUT2D eigenvalue weighted by Gasteiger charge is -2.34. The monoisotopic (exact) mass is 249 g/mol. The Hall–Kier alpha value is 0.0800. The third kappa shape index (κ3) is 2.18. The second kappa shape index (κ2) is 4.30. The molecule has 0 saturated carbocycles. The Balaban J connectivity index is 1.98. The van der Waals surface area contributed by atoms with Gasteiger partial charge >= 0.3 is 0 Å². The van der Waals surface area contributed by atoms with Crippen LogP contribution in [0.3, 0.4) is 0 Å². The molecule has 0 aromatic heterocycles. The van der Waals surface area contributed by atoms with Gasteiger partial charge in [-0.05, 0) is 17.7 Å². The standard InChI is InChI=1S/C10H8Cl2FS/c11-7-3-1-2-6(4-7)5-8-9(12)10(13)14-8/h1-5,8-10H. The number of rotatable bonds is 2. The summed E-state index contributed by atoms with van der Waals surface area (Å²) in [4.78, 5) is 0. The quantitative estimate of drug-likeness (QED) is 0.717. The molecule has 1 aliphatic heterocycles. The van der Waals surface area contributed by atoms with E-state index in [1.807, 2.05) is 30.7 Å². The van der Waals surface area contributed by atoms with Crippen LogP contribution in [0.4, 0.5) is 4.39 Å². The number of hydrogen-bond acceptors (Lipinski definition) is 1. The molecule has 75 valence electrons. The minimum Gasteiger partial charge on any atom is -0.234 e. The molecule has 4 heteroatoms. The first-order valence-corrected chi connectivity index (χ1v) is 5.96. The molecule has 1 saturated heterocycles. The lowest BCUT2D eigenvalue weighted by Crippen LogP contribution is -2.38. The highest BCUT2D eigenvalue weighted by atomic mass is 35.5. The van der Waals surface area contributed by atoms with Gasteiger partial charge in [0.05, 0.1) is 5.38 Å². The van der Waals surface area contributed by atoms with Gasteiger partial charge in [-0.15, -0.1) is 23.4 Å². The summed E-state index contributed by atoms with van der Waals surface area (Å²) in [5.41, 5.74) is 0.0599. The first-order chi connectivity index (χ1) is 6.66. The van der Waals surface area contributed by atoms with Gasteiger partial charge in [0, 0.05) is 16.7 Å². The summed E-state index contributed by atoms with van der Waals surface area (Å²) in [6.45, 7) is 0. The van der Waals surface area contributed by atoms with Crippen LogP contribution in [-0.4, -0.2) is 16.1 Å². The summed E-state index contributed by atoms with van der Waals surface area (Å²) >= 11 is 12.9. The summed E-state index contributed by atoms with van der Waals surface area (Å²) in [5.74, 6) is 0. The molecule has 1 fully saturated rings. The second-order valence-electron chi connectivity index (χ2n) is 3.12. The van der Waals surface area contributed by atoms with Crippen LogP contribution < -0.4 is 0 Å². The minimum atomic E-state index is -0.933. The van der Waals surface area contributed by atoms with Crippen LogP contribution >= 0.6 is 35.0 Å². The lowest BCUT2D eigenvalue weighted by molar-refractivity contribution is 0.410. The van der Waals surface area contributed by atoms with Gasteiger partial charge in [-0.1, -0.05) is 23.7 Å². The maximum absolute atomic E-state index is 12.7.